The van der Waals surface area contributed by atoms with E-state index in [2.05, 4.69) is 25.7 Å². The number of amides is 1. The highest BCUT2D eigenvalue weighted by Gasteiger charge is 2.45. The summed E-state index contributed by atoms with van der Waals surface area (Å²) in [6.07, 6.45) is 4.87. The average molecular weight is 477 g/mol. The number of aryl methyl sites for hydroxylation is 1. The van der Waals surface area contributed by atoms with Gasteiger partial charge in [-0.1, -0.05) is 11.2 Å². The number of nitrogens with one attached hydrogen (secondary N) is 2. The third-order valence-electron chi connectivity index (χ3n) is 6.96. The second kappa shape index (κ2) is 8.96. The summed E-state index contributed by atoms with van der Waals surface area (Å²) in [5.74, 6) is 2.03. The molecule has 9 nitrogen and oxygen atoms in total. The van der Waals surface area contributed by atoms with Crippen LogP contribution in [0, 0.1) is 12.3 Å². The summed E-state index contributed by atoms with van der Waals surface area (Å²) < 4.78 is 5.26. The number of pyridine rings is 1. The quantitative estimate of drug-likeness (QED) is 0.463. The first kappa shape index (κ1) is 23.3. The van der Waals surface area contributed by atoms with Crippen LogP contribution in [0.5, 0.6) is 0 Å². The van der Waals surface area contributed by atoms with E-state index >= 15 is 0 Å². The van der Waals surface area contributed by atoms with Crippen LogP contribution in [-0.2, 0) is 0 Å². The van der Waals surface area contributed by atoms with Crippen LogP contribution >= 0.6 is 0 Å². The van der Waals surface area contributed by atoms with Crippen molar-refractivity contribution in [2.45, 2.75) is 52.0 Å². The van der Waals surface area contributed by atoms with Gasteiger partial charge in [0, 0.05) is 24.3 Å². The normalized spacial score (nSPS) is 16.9. The second-order valence-electron chi connectivity index (χ2n) is 10.4. The van der Waals surface area contributed by atoms with Gasteiger partial charge in [0.2, 0.25) is 0 Å². The van der Waals surface area contributed by atoms with Gasteiger partial charge in [-0.3, -0.25) is 4.79 Å². The van der Waals surface area contributed by atoms with E-state index in [1.807, 2.05) is 38.1 Å². The van der Waals surface area contributed by atoms with E-state index in [9.17, 15) is 9.90 Å². The molecule has 0 bridgehead atoms. The molecule has 3 N–H and O–H groups in total. The number of carbonyl (C=O) groups is 1. The lowest BCUT2D eigenvalue weighted by Crippen LogP contribution is -2.38. The molecule has 1 amide bonds. The average Bonchev–Trinajstić information content (AvgIpc) is 3.45. The molecule has 1 saturated heterocycles. The van der Waals surface area contributed by atoms with Crippen molar-refractivity contribution in [3.63, 3.8) is 0 Å². The summed E-state index contributed by atoms with van der Waals surface area (Å²) in [5, 5.41) is 19.8. The van der Waals surface area contributed by atoms with Crippen LogP contribution in [-0.4, -0.2) is 51.4 Å². The minimum atomic E-state index is -0.526. The molecule has 3 aromatic rings. The molecule has 1 saturated carbocycles. The number of rotatable bonds is 7. The molecule has 2 fully saturated rings. The number of aromatic nitrogens is 3. The van der Waals surface area contributed by atoms with Gasteiger partial charge >= 0.3 is 0 Å². The van der Waals surface area contributed by atoms with E-state index in [1.54, 1.807) is 19.1 Å². The fourth-order valence-electron chi connectivity index (χ4n) is 4.53. The summed E-state index contributed by atoms with van der Waals surface area (Å²) in [6.45, 7) is 7.31. The largest absolute Gasteiger partial charge is 0.394 e. The van der Waals surface area contributed by atoms with Gasteiger partial charge in [0.1, 0.15) is 11.6 Å². The fourth-order valence-corrected chi connectivity index (χ4v) is 4.53. The maximum atomic E-state index is 13.4. The lowest BCUT2D eigenvalue weighted by molar-refractivity contribution is 0.102. The summed E-state index contributed by atoms with van der Waals surface area (Å²) in [6, 6.07) is 10.9. The Morgan fingerprint density at radius 3 is 2.57 bits per heavy atom. The molecule has 1 spiro atoms. The topological polar surface area (TPSA) is 116 Å². The SMILES string of the molecule is Cc1noc(-c2cccc(NC(=O)c3ccc(NC(C)(C)CO)nc3N3CCC4(CC3)CC4)c2)n1. The van der Waals surface area contributed by atoms with Crippen molar-refractivity contribution in [1.82, 2.24) is 15.1 Å². The molecular weight excluding hydrogens is 444 g/mol. The zero-order valence-corrected chi connectivity index (χ0v) is 20.5. The third kappa shape index (κ3) is 5.14. The first-order valence-corrected chi connectivity index (χ1v) is 12.1. The molecule has 0 unspecified atom stereocenters. The number of piperidine rings is 1. The van der Waals surface area contributed by atoms with Gasteiger partial charge in [-0.15, -0.1) is 0 Å². The van der Waals surface area contributed by atoms with Crippen LogP contribution in [0.2, 0.25) is 0 Å². The second-order valence-corrected chi connectivity index (χ2v) is 10.4. The van der Waals surface area contributed by atoms with Crippen molar-refractivity contribution >= 4 is 23.2 Å². The maximum Gasteiger partial charge on any atom is 0.259 e. The molecule has 35 heavy (non-hydrogen) atoms. The Labute approximate surface area is 204 Å². The lowest BCUT2D eigenvalue weighted by Gasteiger charge is -2.34. The molecule has 0 radical (unpaired) electrons. The van der Waals surface area contributed by atoms with Gasteiger partial charge in [-0.25, -0.2) is 4.98 Å². The van der Waals surface area contributed by atoms with Crippen molar-refractivity contribution in [2.24, 2.45) is 5.41 Å². The van der Waals surface area contributed by atoms with Gasteiger partial charge < -0.3 is 25.2 Å². The number of carbonyl (C=O) groups excluding carboxylic acids is 1. The molecule has 5 rings (SSSR count). The Balaban J connectivity index is 1.41. The molecule has 2 aliphatic rings. The maximum absolute atomic E-state index is 13.4. The standard InChI is InChI=1S/C26H32N6O3/c1-17-27-24(35-31-17)18-5-4-6-19(15-18)28-23(34)20-7-8-21(30-25(2,3)16-33)29-22(20)32-13-11-26(9-10-26)12-14-32/h4-8,15,33H,9-14,16H2,1-3H3,(H,28,34)(H,29,30). The predicted octanol–water partition coefficient (Wildman–Crippen LogP) is 4.26. The molecular formula is C26H32N6O3. The number of hydrogen-bond donors (Lipinski definition) is 3. The molecule has 2 aromatic heterocycles. The van der Waals surface area contributed by atoms with E-state index in [0.717, 1.165) is 31.5 Å². The van der Waals surface area contributed by atoms with Crippen molar-refractivity contribution < 1.29 is 14.4 Å². The van der Waals surface area contributed by atoms with Gasteiger partial charge in [0.05, 0.1) is 17.7 Å². The number of aliphatic hydroxyl groups excluding tert-OH is 1. The number of benzene rings is 1. The Bertz CT molecular complexity index is 1220. The Kier molecular flexibility index (Phi) is 5.96. The third-order valence-corrected chi connectivity index (χ3v) is 6.96. The molecule has 1 aliphatic carbocycles. The first-order valence-electron chi connectivity index (χ1n) is 12.1. The molecule has 0 atom stereocenters. The number of hydrogen-bond acceptors (Lipinski definition) is 8. The summed E-state index contributed by atoms with van der Waals surface area (Å²) in [5.41, 5.74) is 1.87. The zero-order valence-electron chi connectivity index (χ0n) is 20.5. The minimum absolute atomic E-state index is 0.0333. The summed E-state index contributed by atoms with van der Waals surface area (Å²) >= 11 is 0. The Morgan fingerprint density at radius 2 is 1.91 bits per heavy atom. The van der Waals surface area contributed by atoms with Crippen LogP contribution in [0.15, 0.2) is 40.9 Å². The molecule has 184 valence electrons. The molecule has 3 heterocycles. The zero-order chi connectivity index (χ0) is 24.6. The van der Waals surface area contributed by atoms with Crippen molar-refractivity contribution in [1.29, 1.82) is 0 Å². The molecule has 1 aliphatic heterocycles. The van der Waals surface area contributed by atoms with E-state index in [0.29, 0.717) is 40.0 Å². The van der Waals surface area contributed by atoms with Crippen LogP contribution in [0.1, 0.15) is 55.7 Å². The first-order chi connectivity index (χ1) is 16.8. The monoisotopic (exact) mass is 476 g/mol. The van der Waals surface area contributed by atoms with Crippen LogP contribution in [0.3, 0.4) is 0 Å². The van der Waals surface area contributed by atoms with Crippen LogP contribution in [0.25, 0.3) is 11.5 Å². The summed E-state index contributed by atoms with van der Waals surface area (Å²) in [4.78, 5) is 24.8. The molecule has 9 heteroatoms. The van der Waals surface area contributed by atoms with Gasteiger partial charge in [-0.05, 0) is 82.2 Å². The van der Waals surface area contributed by atoms with E-state index < -0.39 is 5.54 Å². The Hall–Kier alpha value is -3.46. The summed E-state index contributed by atoms with van der Waals surface area (Å²) in [7, 11) is 0. The van der Waals surface area contributed by atoms with E-state index in [1.165, 1.54) is 12.8 Å². The molecule has 1 aromatic carbocycles. The van der Waals surface area contributed by atoms with E-state index in [4.69, 9.17) is 9.51 Å². The highest BCUT2D eigenvalue weighted by Crippen LogP contribution is 2.54. The number of nitrogens with zero attached hydrogens (tertiary/aromatic N) is 4. The van der Waals surface area contributed by atoms with Crippen molar-refractivity contribution in [3.05, 3.63) is 47.8 Å². The fraction of sp³-hybridized carbons (Fsp3) is 0.462. The minimum Gasteiger partial charge on any atom is -0.394 e. The predicted molar refractivity (Wildman–Crippen MR) is 135 cm³/mol. The number of anilines is 3. The van der Waals surface area contributed by atoms with Crippen molar-refractivity contribution in [2.75, 3.05) is 35.2 Å². The highest BCUT2D eigenvalue weighted by molar-refractivity contribution is 6.08. The highest BCUT2D eigenvalue weighted by atomic mass is 16.5. The van der Waals surface area contributed by atoms with Gasteiger partial charge in [0.15, 0.2) is 5.82 Å². The van der Waals surface area contributed by atoms with E-state index in [-0.39, 0.29) is 12.5 Å². The number of aliphatic hydroxyl groups is 1. The van der Waals surface area contributed by atoms with Gasteiger partial charge in [-0.2, -0.15) is 4.98 Å². The lowest BCUT2D eigenvalue weighted by atomic mass is 9.93. The van der Waals surface area contributed by atoms with Crippen molar-refractivity contribution in [3.8, 4) is 11.5 Å². The van der Waals surface area contributed by atoms with Crippen LogP contribution in [0.4, 0.5) is 17.3 Å². The smallest absolute Gasteiger partial charge is 0.259 e. The Morgan fingerprint density at radius 1 is 1.14 bits per heavy atom. The van der Waals surface area contributed by atoms with Gasteiger partial charge in [0.25, 0.3) is 11.8 Å². The van der Waals surface area contributed by atoms with Crippen LogP contribution < -0.4 is 15.5 Å².